The van der Waals surface area contributed by atoms with E-state index in [0.717, 1.165) is 0 Å². The monoisotopic (exact) mass is 150 g/mol. The van der Waals surface area contributed by atoms with E-state index in [4.69, 9.17) is 0 Å². The molecule has 0 fully saturated rings. The highest BCUT2D eigenvalue weighted by Gasteiger charge is 2.32. The molecule has 0 bridgehead atoms. The van der Waals surface area contributed by atoms with Gasteiger partial charge in [0, 0.05) is 0 Å². The van der Waals surface area contributed by atoms with Crippen LogP contribution in [0.3, 0.4) is 0 Å². The quantitative estimate of drug-likeness (QED) is 0.290. The van der Waals surface area contributed by atoms with Gasteiger partial charge in [-0.05, 0) is 12.8 Å². The van der Waals surface area contributed by atoms with Gasteiger partial charge in [0.1, 0.15) is 0 Å². The summed E-state index contributed by atoms with van der Waals surface area (Å²) >= 11 is 0. The van der Waals surface area contributed by atoms with Crippen LogP contribution in [0.2, 0.25) is 0 Å². The van der Waals surface area contributed by atoms with Crippen LogP contribution in [0.15, 0.2) is 23.3 Å². The molecule has 0 unspecified atom stereocenters. The van der Waals surface area contributed by atoms with E-state index in [1.807, 2.05) is 12.2 Å². The van der Waals surface area contributed by atoms with E-state index < -0.39 is 11.9 Å². The lowest BCUT2D eigenvalue weighted by atomic mass is 9.99. The summed E-state index contributed by atoms with van der Waals surface area (Å²) in [4.78, 5) is 21.8. The number of hydrogen-bond acceptors (Lipinski definition) is 3. The summed E-state index contributed by atoms with van der Waals surface area (Å²) < 4.78 is 4.42. The van der Waals surface area contributed by atoms with Gasteiger partial charge in [-0.25, -0.2) is 9.59 Å². The van der Waals surface area contributed by atoms with E-state index in [2.05, 4.69) is 4.74 Å². The second-order valence-corrected chi connectivity index (χ2v) is 2.51. The number of ether oxygens (including phenoxy) is 1. The Morgan fingerprint density at radius 2 is 1.45 bits per heavy atom. The van der Waals surface area contributed by atoms with E-state index in [-0.39, 0.29) is 0 Å². The molecule has 0 atom stereocenters. The lowest BCUT2D eigenvalue weighted by molar-refractivity contribution is -0.151. The Bertz CT molecular complexity index is 268. The van der Waals surface area contributed by atoms with Gasteiger partial charge in [-0.15, -0.1) is 0 Å². The lowest BCUT2D eigenvalue weighted by Gasteiger charge is -2.00. The van der Waals surface area contributed by atoms with Gasteiger partial charge in [0.05, 0.1) is 11.1 Å². The van der Waals surface area contributed by atoms with Crippen molar-refractivity contribution in [2.24, 2.45) is 0 Å². The Kier molecular flexibility index (Phi) is 1.18. The third kappa shape index (κ3) is 0.808. The van der Waals surface area contributed by atoms with Crippen LogP contribution in [-0.2, 0) is 14.3 Å². The minimum absolute atomic E-state index is 0.464. The molecule has 1 heterocycles. The largest absolute Gasteiger partial charge is 0.386 e. The first-order valence-electron chi connectivity index (χ1n) is 3.42. The van der Waals surface area contributed by atoms with Crippen molar-refractivity contribution in [3.63, 3.8) is 0 Å². The van der Waals surface area contributed by atoms with Crippen molar-refractivity contribution >= 4 is 11.9 Å². The molecule has 0 N–H and O–H groups in total. The normalized spacial score (nSPS) is 22.2. The number of cyclic esters (lactones) is 2. The zero-order valence-corrected chi connectivity index (χ0v) is 5.79. The van der Waals surface area contributed by atoms with Crippen molar-refractivity contribution < 1.29 is 14.3 Å². The van der Waals surface area contributed by atoms with Crippen LogP contribution < -0.4 is 0 Å². The molecule has 0 amide bonds. The molecule has 0 aromatic carbocycles. The van der Waals surface area contributed by atoms with E-state index >= 15 is 0 Å². The first-order valence-corrected chi connectivity index (χ1v) is 3.42. The Labute approximate surface area is 63.3 Å². The number of carbonyl (C=O) groups excluding carboxylic acids is 2. The summed E-state index contributed by atoms with van der Waals surface area (Å²) in [5, 5.41) is 0. The molecule has 3 nitrogen and oxygen atoms in total. The number of hydrogen-bond donors (Lipinski definition) is 0. The molecule has 56 valence electrons. The van der Waals surface area contributed by atoms with Crippen molar-refractivity contribution in [1.82, 2.24) is 0 Å². The molecular weight excluding hydrogens is 144 g/mol. The van der Waals surface area contributed by atoms with Crippen molar-refractivity contribution in [2.75, 3.05) is 0 Å². The summed E-state index contributed by atoms with van der Waals surface area (Å²) in [6.07, 6.45) is 4.83. The second kappa shape index (κ2) is 2.05. The van der Waals surface area contributed by atoms with E-state index in [0.29, 0.717) is 24.0 Å². The highest BCUT2D eigenvalue weighted by Crippen LogP contribution is 2.26. The summed E-state index contributed by atoms with van der Waals surface area (Å²) in [6, 6.07) is 0. The molecule has 0 radical (unpaired) electrons. The highest BCUT2D eigenvalue weighted by molar-refractivity contribution is 6.12. The summed E-state index contributed by atoms with van der Waals surface area (Å²) in [6.45, 7) is 0. The molecule has 1 aliphatic heterocycles. The van der Waals surface area contributed by atoms with E-state index in [9.17, 15) is 9.59 Å². The van der Waals surface area contributed by atoms with Gasteiger partial charge < -0.3 is 4.74 Å². The molecular formula is C8H6O3. The molecule has 2 rings (SSSR count). The average molecular weight is 150 g/mol. The molecule has 1 aliphatic carbocycles. The number of esters is 2. The predicted octanol–water partition coefficient (Wildman–Crippen LogP) is 0.716. The average Bonchev–Trinajstić information content (AvgIpc) is 2.30. The fraction of sp³-hybridized carbons (Fsp3) is 0.250. The number of rotatable bonds is 0. The zero-order valence-electron chi connectivity index (χ0n) is 5.79. The van der Waals surface area contributed by atoms with Crippen LogP contribution in [0.4, 0.5) is 0 Å². The van der Waals surface area contributed by atoms with Gasteiger partial charge in [0.2, 0.25) is 0 Å². The van der Waals surface area contributed by atoms with Crippen LogP contribution in [-0.4, -0.2) is 11.9 Å². The van der Waals surface area contributed by atoms with Crippen molar-refractivity contribution in [2.45, 2.75) is 12.8 Å². The predicted molar refractivity (Wildman–Crippen MR) is 36.5 cm³/mol. The zero-order chi connectivity index (χ0) is 7.84. The maximum absolute atomic E-state index is 10.9. The van der Waals surface area contributed by atoms with Crippen molar-refractivity contribution in [3.05, 3.63) is 23.3 Å². The molecule has 0 aromatic rings. The molecule has 0 saturated carbocycles. The standard InChI is InChI=1S/C8H6O3/c9-7-5-3-1-2-4-6(5)8(10)11-7/h1-2H,3-4H2. The number of allylic oxidation sites excluding steroid dienone is 2. The van der Waals surface area contributed by atoms with Gasteiger partial charge in [0.15, 0.2) is 0 Å². The third-order valence-electron chi connectivity index (χ3n) is 1.85. The summed E-state index contributed by atoms with van der Waals surface area (Å²) in [5.74, 6) is -0.927. The van der Waals surface area contributed by atoms with Gasteiger partial charge >= 0.3 is 11.9 Å². The van der Waals surface area contributed by atoms with Crippen LogP contribution in [0.1, 0.15) is 12.8 Å². The Hall–Kier alpha value is -1.38. The summed E-state index contributed by atoms with van der Waals surface area (Å²) in [7, 11) is 0. The minimum Gasteiger partial charge on any atom is -0.386 e. The fourth-order valence-corrected chi connectivity index (χ4v) is 1.27. The Morgan fingerprint density at radius 1 is 1.00 bits per heavy atom. The van der Waals surface area contributed by atoms with Crippen LogP contribution in [0.25, 0.3) is 0 Å². The molecule has 2 aliphatic rings. The van der Waals surface area contributed by atoms with Crippen LogP contribution in [0, 0.1) is 0 Å². The first-order chi connectivity index (χ1) is 5.29. The van der Waals surface area contributed by atoms with Crippen LogP contribution in [0.5, 0.6) is 0 Å². The van der Waals surface area contributed by atoms with Gasteiger partial charge in [0.25, 0.3) is 0 Å². The van der Waals surface area contributed by atoms with Crippen molar-refractivity contribution in [3.8, 4) is 0 Å². The van der Waals surface area contributed by atoms with Crippen molar-refractivity contribution in [1.29, 1.82) is 0 Å². The van der Waals surface area contributed by atoms with Gasteiger partial charge in [-0.1, -0.05) is 12.2 Å². The third-order valence-corrected chi connectivity index (χ3v) is 1.85. The van der Waals surface area contributed by atoms with E-state index in [1.54, 1.807) is 0 Å². The van der Waals surface area contributed by atoms with Crippen LogP contribution >= 0.6 is 0 Å². The fourth-order valence-electron chi connectivity index (χ4n) is 1.27. The maximum atomic E-state index is 10.9. The van der Waals surface area contributed by atoms with Gasteiger partial charge in [-0.2, -0.15) is 0 Å². The minimum atomic E-state index is -0.464. The smallest absolute Gasteiger partial charge is 0.342 e. The molecule has 0 saturated heterocycles. The Morgan fingerprint density at radius 3 is 1.91 bits per heavy atom. The second-order valence-electron chi connectivity index (χ2n) is 2.51. The maximum Gasteiger partial charge on any atom is 0.342 e. The molecule has 0 spiro atoms. The lowest BCUT2D eigenvalue weighted by Crippen LogP contribution is -2.01. The van der Waals surface area contributed by atoms with Gasteiger partial charge in [-0.3, -0.25) is 0 Å². The molecule has 11 heavy (non-hydrogen) atoms. The topological polar surface area (TPSA) is 43.4 Å². The first kappa shape index (κ1) is 6.34. The SMILES string of the molecule is O=C1OC(=O)C2=C1CC=CC2. The highest BCUT2D eigenvalue weighted by atomic mass is 16.6. The molecule has 3 heteroatoms. The summed E-state index contributed by atoms with van der Waals surface area (Å²) in [5.41, 5.74) is 1.08. The van der Waals surface area contributed by atoms with E-state index in [1.165, 1.54) is 0 Å². The number of carbonyl (C=O) groups is 2. The molecule has 0 aromatic heterocycles. The Balaban J connectivity index is 2.42.